The summed E-state index contributed by atoms with van der Waals surface area (Å²) in [6.45, 7) is 7.52. The van der Waals surface area contributed by atoms with E-state index in [4.69, 9.17) is 14.2 Å². The molecular formula is C51H86O5. The molecule has 0 aliphatic rings. The summed E-state index contributed by atoms with van der Waals surface area (Å²) < 4.78 is 17.2. The molecule has 56 heavy (non-hydrogen) atoms. The summed E-state index contributed by atoms with van der Waals surface area (Å²) in [4.78, 5) is 25.2. The lowest BCUT2D eigenvalue weighted by molar-refractivity contribution is -0.163. The van der Waals surface area contributed by atoms with Crippen molar-refractivity contribution in [3.05, 3.63) is 85.1 Å². The summed E-state index contributed by atoms with van der Waals surface area (Å²) in [5.41, 5.74) is 0. The average molecular weight is 779 g/mol. The summed E-state index contributed by atoms with van der Waals surface area (Å²) in [5, 5.41) is 0. The van der Waals surface area contributed by atoms with Crippen molar-refractivity contribution in [3.8, 4) is 0 Å². The van der Waals surface area contributed by atoms with E-state index in [1.807, 2.05) is 0 Å². The standard InChI is InChI=1S/C51H86O5/c1-4-7-10-13-16-18-20-22-24-25-26-27-29-30-32-34-36-38-41-44-50(52)55-48-49(47-54-46-43-40-15-12-9-6-3)56-51(53)45-42-39-37-35-33-31-28-23-21-19-17-14-11-8-5-2/h7-8,10-11,16-19,22-24,26-28,49H,4-6,9,12-15,20-21,25,29-48H2,1-3H3/b10-7-,11-8-,18-16-,19-17-,24-22-,27-26-,28-23-. The van der Waals surface area contributed by atoms with Gasteiger partial charge in [0.15, 0.2) is 6.10 Å². The fraction of sp³-hybridized carbons (Fsp3) is 0.686. The Morgan fingerprint density at radius 1 is 0.411 bits per heavy atom. The summed E-state index contributed by atoms with van der Waals surface area (Å²) in [6.07, 6.45) is 60.2. The maximum Gasteiger partial charge on any atom is 0.306 e. The number of carbonyl (C=O) groups excluding carboxylic acids is 2. The molecular weight excluding hydrogens is 693 g/mol. The second-order valence-electron chi connectivity index (χ2n) is 14.9. The summed E-state index contributed by atoms with van der Waals surface area (Å²) >= 11 is 0. The Balaban J connectivity index is 4.17. The maximum atomic E-state index is 12.7. The van der Waals surface area contributed by atoms with Gasteiger partial charge < -0.3 is 14.2 Å². The van der Waals surface area contributed by atoms with Gasteiger partial charge in [-0.3, -0.25) is 9.59 Å². The second-order valence-corrected chi connectivity index (χ2v) is 14.9. The molecule has 0 fully saturated rings. The normalized spacial score (nSPS) is 13.0. The quantitative estimate of drug-likeness (QED) is 0.0351. The van der Waals surface area contributed by atoms with Crippen LogP contribution in [0.15, 0.2) is 85.1 Å². The van der Waals surface area contributed by atoms with Crippen LogP contribution in [-0.2, 0) is 23.8 Å². The minimum Gasteiger partial charge on any atom is -0.462 e. The Morgan fingerprint density at radius 3 is 1.29 bits per heavy atom. The molecule has 0 rings (SSSR count). The van der Waals surface area contributed by atoms with Crippen molar-refractivity contribution in [2.45, 2.75) is 207 Å². The van der Waals surface area contributed by atoms with Gasteiger partial charge in [0.2, 0.25) is 0 Å². The minimum atomic E-state index is -0.550. The highest BCUT2D eigenvalue weighted by Gasteiger charge is 2.17. The Morgan fingerprint density at radius 2 is 0.804 bits per heavy atom. The number of hydrogen-bond donors (Lipinski definition) is 0. The lowest BCUT2D eigenvalue weighted by Gasteiger charge is -2.18. The molecule has 0 spiro atoms. The van der Waals surface area contributed by atoms with Gasteiger partial charge in [0.25, 0.3) is 0 Å². The fourth-order valence-electron chi connectivity index (χ4n) is 6.04. The Labute approximate surface area is 346 Å². The molecule has 0 amide bonds. The average Bonchev–Trinajstić information content (AvgIpc) is 3.20. The van der Waals surface area contributed by atoms with Crippen molar-refractivity contribution in [1.29, 1.82) is 0 Å². The highest BCUT2D eigenvalue weighted by Crippen LogP contribution is 2.12. The first-order chi connectivity index (χ1) is 27.6. The van der Waals surface area contributed by atoms with E-state index in [2.05, 4.69) is 106 Å². The third kappa shape index (κ3) is 43.8. The van der Waals surface area contributed by atoms with Crippen LogP contribution < -0.4 is 0 Å². The van der Waals surface area contributed by atoms with Crippen LogP contribution in [-0.4, -0.2) is 37.9 Å². The van der Waals surface area contributed by atoms with E-state index in [9.17, 15) is 9.59 Å². The lowest BCUT2D eigenvalue weighted by Crippen LogP contribution is -2.30. The van der Waals surface area contributed by atoms with Gasteiger partial charge in [0, 0.05) is 19.4 Å². The van der Waals surface area contributed by atoms with Crippen LogP contribution in [0.4, 0.5) is 0 Å². The molecule has 0 aliphatic carbocycles. The molecule has 320 valence electrons. The number of unbranched alkanes of at least 4 members (excludes halogenated alkanes) is 16. The highest BCUT2D eigenvalue weighted by molar-refractivity contribution is 5.70. The molecule has 5 nitrogen and oxygen atoms in total. The van der Waals surface area contributed by atoms with Crippen molar-refractivity contribution >= 4 is 11.9 Å². The molecule has 0 N–H and O–H groups in total. The number of hydrogen-bond acceptors (Lipinski definition) is 5. The molecule has 0 heterocycles. The Hall–Kier alpha value is -2.92. The van der Waals surface area contributed by atoms with E-state index in [0.717, 1.165) is 109 Å². The van der Waals surface area contributed by atoms with Crippen molar-refractivity contribution in [2.75, 3.05) is 19.8 Å². The van der Waals surface area contributed by atoms with Crippen LogP contribution in [0.25, 0.3) is 0 Å². The molecule has 5 heteroatoms. The number of ether oxygens (including phenoxy) is 3. The highest BCUT2D eigenvalue weighted by atomic mass is 16.6. The number of esters is 2. The third-order valence-corrected chi connectivity index (χ3v) is 9.43. The fourth-order valence-corrected chi connectivity index (χ4v) is 6.04. The zero-order valence-corrected chi connectivity index (χ0v) is 36.6. The van der Waals surface area contributed by atoms with Crippen molar-refractivity contribution in [1.82, 2.24) is 0 Å². The summed E-state index contributed by atoms with van der Waals surface area (Å²) in [6, 6.07) is 0. The van der Waals surface area contributed by atoms with Crippen LogP contribution in [0, 0.1) is 0 Å². The van der Waals surface area contributed by atoms with E-state index in [1.54, 1.807) is 0 Å². The third-order valence-electron chi connectivity index (χ3n) is 9.43. The Bertz CT molecular complexity index is 1060. The maximum absolute atomic E-state index is 12.7. The van der Waals surface area contributed by atoms with Crippen LogP contribution in [0.5, 0.6) is 0 Å². The zero-order valence-electron chi connectivity index (χ0n) is 36.6. The van der Waals surface area contributed by atoms with Gasteiger partial charge in [-0.15, -0.1) is 0 Å². The first-order valence-corrected chi connectivity index (χ1v) is 23.1. The monoisotopic (exact) mass is 779 g/mol. The first kappa shape index (κ1) is 53.1. The molecule has 0 saturated heterocycles. The number of carbonyl (C=O) groups is 2. The summed E-state index contributed by atoms with van der Waals surface area (Å²) in [7, 11) is 0. The SMILES string of the molecule is CC/C=C\C/C=C\C/C=C\C/C=C\CCCCCCCCC(=O)OCC(COCCCCCCCC)OC(=O)CCCCCCC/C=C\C/C=C\C/C=C\CC. The molecule has 0 bridgehead atoms. The van der Waals surface area contributed by atoms with Gasteiger partial charge in [-0.2, -0.15) is 0 Å². The zero-order chi connectivity index (χ0) is 40.7. The lowest BCUT2D eigenvalue weighted by atomic mass is 10.1. The number of rotatable bonds is 41. The van der Waals surface area contributed by atoms with Crippen molar-refractivity contribution in [2.24, 2.45) is 0 Å². The predicted octanol–water partition coefficient (Wildman–Crippen LogP) is 15.3. The first-order valence-electron chi connectivity index (χ1n) is 23.1. The molecule has 0 aromatic heterocycles. The second kappa shape index (κ2) is 46.5. The molecule has 0 aromatic carbocycles. The van der Waals surface area contributed by atoms with Gasteiger partial charge in [-0.1, -0.05) is 183 Å². The van der Waals surface area contributed by atoms with Crippen LogP contribution in [0.2, 0.25) is 0 Å². The van der Waals surface area contributed by atoms with Gasteiger partial charge in [-0.05, 0) is 89.9 Å². The molecule has 1 atom stereocenters. The van der Waals surface area contributed by atoms with Gasteiger partial charge >= 0.3 is 11.9 Å². The van der Waals surface area contributed by atoms with Crippen LogP contribution in [0.1, 0.15) is 201 Å². The molecule has 0 aromatic rings. The van der Waals surface area contributed by atoms with E-state index >= 15 is 0 Å². The topological polar surface area (TPSA) is 61.8 Å². The van der Waals surface area contributed by atoms with Crippen molar-refractivity contribution in [3.63, 3.8) is 0 Å². The largest absolute Gasteiger partial charge is 0.462 e. The molecule has 0 saturated carbocycles. The van der Waals surface area contributed by atoms with E-state index in [1.165, 1.54) is 57.8 Å². The van der Waals surface area contributed by atoms with Gasteiger partial charge in [0.05, 0.1) is 6.61 Å². The van der Waals surface area contributed by atoms with Crippen LogP contribution >= 0.6 is 0 Å². The minimum absolute atomic E-state index is 0.0670. The Kier molecular flexibility index (Phi) is 44.0. The van der Waals surface area contributed by atoms with E-state index in [0.29, 0.717) is 19.4 Å². The molecule has 1 unspecified atom stereocenters. The summed E-state index contributed by atoms with van der Waals surface area (Å²) in [5.74, 6) is -0.440. The van der Waals surface area contributed by atoms with Crippen LogP contribution in [0.3, 0.4) is 0 Å². The van der Waals surface area contributed by atoms with Crippen molar-refractivity contribution < 1.29 is 23.8 Å². The predicted molar refractivity (Wildman–Crippen MR) is 242 cm³/mol. The number of allylic oxidation sites excluding steroid dienone is 14. The van der Waals surface area contributed by atoms with E-state index < -0.39 is 6.10 Å². The van der Waals surface area contributed by atoms with E-state index in [-0.39, 0.29) is 25.2 Å². The van der Waals surface area contributed by atoms with Gasteiger partial charge in [-0.25, -0.2) is 0 Å². The molecule has 0 aliphatic heterocycles. The smallest absolute Gasteiger partial charge is 0.306 e. The van der Waals surface area contributed by atoms with Gasteiger partial charge in [0.1, 0.15) is 6.61 Å². The molecule has 0 radical (unpaired) electrons.